The lowest BCUT2D eigenvalue weighted by Gasteiger charge is -1.89. The molecule has 15 heavy (non-hydrogen) atoms. The second-order valence-electron chi connectivity index (χ2n) is 2.15. The molecule has 0 aromatic heterocycles. The largest absolute Gasteiger partial charge is 0.412 e. The van der Waals surface area contributed by atoms with E-state index < -0.39 is 6.10 Å². The topological polar surface area (TPSA) is 103 Å². The molecule has 0 aromatic carbocycles. The Balaban J connectivity index is -0.0000000617. The summed E-state index contributed by atoms with van der Waals surface area (Å²) in [4.78, 5) is 27.6. The predicted octanol–water partition coefficient (Wildman–Crippen LogP) is 0.0981. The maximum atomic E-state index is 9.46. The summed E-state index contributed by atoms with van der Waals surface area (Å²) in [6.45, 7) is 4.82. The monoisotopic (exact) mass is 220 g/mol. The van der Waals surface area contributed by atoms with Crippen LogP contribution in [-0.2, 0) is 14.4 Å². The molecule has 0 rings (SSSR count). The SMILES string of the molecule is C/C=C/C=O.CC(O)CC=O.CC=O.O. The van der Waals surface area contributed by atoms with Gasteiger partial charge in [-0.05, 0) is 26.8 Å². The Labute approximate surface area is 90.1 Å². The van der Waals surface area contributed by atoms with Crippen LogP contribution in [0.5, 0.6) is 0 Å². The summed E-state index contributed by atoms with van der Waals surface area (Å²) in [5, 5.41) is 8.32. The van der Waals surface area contributed by atoms with Crippen LogP contribution >= 0.6 is 0 Å². The van der Waals surface area contributed by atoms with E-state index in [4.69, 9.17) is 9.90 Å². The fourth-order valence-corrected chi connectivity index (χ4v) is 0.218. The minimum Gasteiger partial charge on any atom is -0.412 e. The summed E-state index contributed by atoms with van der Waals surface area (Å²) in [5.74, 6) is 0. The fraction of sp³-hybridized carbons (Fsp3) is 0.500. The average molecular weight is 220 g/mol. The van der Waals surface area contributed by atoms with E-state index in [9.17, 15) is 9.59 Å². The number of allylic oxidation sites excluding steroid dienone is 2. The third-order valence-electron chi connectivity index (χ3n) is 0.708. The molecule has 0 aliphatic carbocycles. The molecule has 5 nitrogen and oxygen atoms in total. The van der Waals surface area contributed by atoms with Crippen molar-refractivity contribution in [3.63, 3.8) is 0 Å². The van der Waals surface area contributed by atoms with E-state index in [0.717, 1.165) is 12.6 Å². The summed E-state index contributed by atoms with van der Waals surface area (Å²) in [6.07, 6.45) is 5.11. The zero-order chi connectivity index (χ0) is 11.8. The number of aliphatic hydroxyl groups excluding tert-OH is 1. The lowest BCUT2D eigenvalue weighted by molar-refractivity contribution is -0.109. The van der Waals surface area contributed by atoms with Crippen LogP contribution in [0.15, 0.2) is 12.2 Å². The Morgan fingerprint density at radius 2 is 1.60 bits per heavy atom. The Kier molecular flexibility index (Phi) is 45.9. The van der Waals surface area contributed by atoms with E-state index in [2.05, 4.69) is 0 Å². The Morgan fingerprint density at radius 3 is 1.60 bits per heavy atom. The minimum absolute atomic E-state index is 0. The standard InChI is InChI=1S/C4H8O2.C4H6O.C2H4O.H2O/c1-4(6)2-3-5;1-2-3-4-5;1-2-3;/h3-4,6H,2H2,1H3;2-4H,1H3;2H,1H3;1H2/b;3-2+;;. The molecule has 0 aromatic rings. The first kappa shape index (κ1) is 23.5. The summed E-state index contributed by atoms with van der Waals surface area (Å²) >= 11 is 0. The molecule has 0 spiro atoms. The van der Waals surface area contributed by atoms with Crippen LogP contribution in [0.1, 0.15) is 27.2 Å². The van der Waals surface area contributed by atoms with Crippen molar-refractivity contribution in [2.45, 2.75) is 33.3 Å². The average Bonchev–Trinajstić information content (AvgIpc) is 2.07. The zero-order valence-electron chi connectivity index (χ0n) is 9.34. The predicted molar refractivity (Wildman–Crippen MR) is 58.6 cm³/mol. The van der Waals surface area contributed by atoms with Crippen molar-refractivity contribution in [2.24, 2.45) is 0 Å². The maximum Gasteiger partial charge on any atom is 0.142 e. The van der Waals surface area contributed by atoms with Crippen molar-refractivity contribution in [3.8, 4) is 0 Å². The number of carbonyl (C=O) groups excluding carboxylic acids is 3. The van der Waals surface area contributed by atoms with Gasteiger partial charge in [0.1, 0.15) is 18.9 Å². The Hall–Kier alpha value is -1.33. The van der Waals surface area contributed by atoms with Crippen molar-refractivity contribution in [1.82, 2.24) is 0 Å². The smallest absolute Gasteiger partial charge is 0.142 e. The normalized spacial score (nSPS) is 9.33. The molecule has 0 heterocycles. The van der Waals surface area contributed by atoms with Gasteiger partial charge in [-0.15, -0.1) is 0 Å². The van der Waals surface area contributed by atoms with E-state index in [-0.39, 0.29) is 11.9 Å². The van der Waals surface area contributed by atoms with E-state index in [1.54, 1.807) is 19.9 Å². The van der Waals surface area contributed by atoms with Crippen molar-refractivity contribution in [2.75, 3.05) is 0 Å². The summed E-state index contributed by atoms with van der Waals surface area (Å²) < 4.78 is 0. The first-order chi connectivity index (χ1) is 6.60. The minimum atomic E-state index is -0.470. The first-order valence-corrected chi connectivity index (χ1v) is 4.18. The Morgan fingerprint density at radius 1 is 1.20 bits per heavy atom. The van der Waals surface area contributed by atoms with Gasteiger partial charge in [-0.1, -0.05) is 6.08 Å². The van der Waals surface area contributed by atoms with Crippen LogP contribution in [0.2, 0.25) is 0 Å². The second kappa shape index (κ2) is 29.3. The molecule has 90 valence electrons. The summed E-state index contributed by atoms with van der Waals surface area (Å²) in [7, 11) is 0. The molecule has 0 bridgehead atoms. The van der Waals surface area contributed by atoms with E-state index >= 15 is 0 Å². The molecule has 0 saturated heterocycles. The maximum absolute atomic E-state index is 9.46. The molecule has 0 aliphatic heterocycles. The highest BCUT2D eigenvalue weighted by molar-refractivity contribution is 5.64. The highest BCUT2D eigenvalue weighted by Crippen LogP contribution is 1.80. The van der Waals surface area contributed by atoms with Crippen LogP contribution in [-0.4, -0.2) is 35.5 Å². The van der Waals surface area contributed by atoms with Gasteiger partial charge in [0.15, 0.2) is 0 Å². The summed E-state index contributed by atoms with van der Waals surface area (Å²) in [6, 6.07) is 0. The van der Waals surface area contributed by atoms with E-state index in [1.807, 2.05) is 0 Å². The molecular formula is C10H20O5. The van der Waals surface area contributed by atoms with Crippen LogP contribution in [0.3, 0.4) is 0 Å². The van der Waals surface area contributed by atoms with Gasteiger partial charge in [-0.3, -0.25) is 4.79 Å². The lowest BCUT2D eigenvalue weighted by atomic mass is 10.3. The molecule has 0 radical (unpaired) electrons. The van der Waals surface area contributed by atoms with E-state index in [0.29, 0.717) is 6.29 Å². The van der Waals surface area contributed by atoms with Crippen molar-refractivity contribution in [3.05, 3.63) is 12.2 Å². The van der Waals surface area contributed by atoms with Gasteiger partial charge in [-0.2, -0.15) is 0 Å². The van der Waals surface area contributed by atoms with E-state index in [1.165, 1.54) is 13.0 Å². The van der Waals surface area contributed by atoms with Crippen LogP contribution in [0.4, 0.5) is 0 Å². The van der Waals surface area contributed by atoms with Crippen molar-refractivity contribution < 1.29 is 25.0 Å². The molecule has 0 aliphatic rings. The second-order valence-corrected chi connectivity index (χ2v) is 2.15. The Bertz CT molecular complexity index is 152. The first-order valence-electron chi connectivity index (χ1n) is 4.18. The summed E-state index contributed by atoms with van der Waals surface area (Å²) in [5.41, 5.74) is 0. The number of aliphatic hydroxyl groups is 1. The van der Waals surface area contributed by atoms with Gasteiger partial charge >= 0.3 is 0 Å². The fourth-order valence-electron chi connectivity index (χ4n) is 0.218. The van der Waals surface area contributed by atoms with Gasteiger partial charge in [0.2, 0.25) is 0 Å². The highest BCUT2D eigenvalue weighted by Gasteiger charge is 1.87. The number of aldehydes is 3. The lowest BCUT2D eigenvalue weighted by Crippen LogP contribution is -1.97. The van der Waals surface area contributed by atoms with Gasteiger partial charge in [-0.25, -0.2) is 0 Å². The molecular weight excluding hydrogens is 200 g/mol. The molecule has 1 unspecified atom stereocenters. The van der Waals surface area contributed by atoms with Gasteiger partial charge in [0.05, 0.1) is 6.10 Å². The number of hydrogen-bond acceptors (Lipinski definition) is 4. The van der Waals surface area contributed by atoms with Gasteiger partial charge < -0.3 is 20.2 Å². The molecule has 3 N–H and O–H groups in total. The molecule has 1 atom stereocenters. The van der Waals surface area contributed by atoms with Crippen LogP contribution in [0, 0.1) is 0 Å². The van der Waals surface area contributed by atoms with Crippen LogP contribution < -0.4 is 0 Å². The van der Waals surface area contributed by atoms with Crippen molar-refractivity contribution in [1.29, 1.82) is 0 Å². The molecule has 0 amide bonds. The number of rotatable bonds is 3. The van der Waals surface area contributed by atoms with Gasteiger partial charge in [0, 0.05) is 6.42 Å². The third kappa shape index (κ3) is 107. The van der Waals surface area contributed by atoms with Gasteiger partial charge in [0.25, 0.3) is 0 Å². The third-order valence-corrected chi connectivity index (χ3v) is 0.708. The quantitative estimate of drug-likeness (QED) is 0.538. The molecule has 5 heteroatoms. The number of hydrogen-bond donors (Lipinski definition) is 1. The van der Waals surface area contributed by atoms with Crippen molar-refractivity contribution >= 4 is 18.9 Å². The molecule has 0 fully saturated rings. The zero-order valence-corrected chi connectivity index (χ0v) is 9.34. The highest BCUT2D eigenvalue weighted by atomic mass is 16.3. The van der Waals surface area contributed by atoms with Crippen LogP contribution in [0.25, 0.3) is 0 Å². The molecule has 0 saturated carbocycles. The number of carbonyl (C=O) groups is 3.